The highest BCUT2D eigenvalue weighted by Gasteiger charge is 2.29. The Morgan fingerprint density at radius 2 is 2.09 bits per heavy atom. The molecule has 1 saturated heterocycles. The van der Waals surface area contributed by atoms with Crippen molar-refractivity contribution in [2.75, 3.05) is 13.1 Å². The summed E-state index contributed by atoms with van der Waals surface area (Å²) >= 11 is 1.54. The van der Waals surface area contributed by atoms with Crippen LogP contribution in [0.25, 0.3) is 10.6 Å². The van der Waals surface area contributed by atoms with Crippen molar-refractivity contribution < 1.29 is 9.59 Å². The van der Waals surface area contributed by atoms with E-state index in [1.165, 1.54) is 11.3 Å². The molecule has 0 bridgehead atoms. The molecule has 1 aromatic carbocycles. The maximum absolute atomic E-state index is 12.3. The van der Waals surface area contributed by atoms with Gasteiger partial charge in [0.15, 0.2) is 0 Å². The molecule has 3 rings (SSSR count). The normalized spacial score (nSPS) is 17.6. The lowest BCUT2D eigenvalue weighted by Gasteiger charge is -2.15. The molecule has 1 aliphatic heterocycles. The monoisotopic (exact) mass is 315 g/mol. The molecule has 0 spiro atoms. The maximum atomic E-state index is 12.3. The summed E-state index contributed by atoms with van der Waals surface area (Å²) in [7, 11) is 0. The second-order valence-corrected chi connectivity index (χ2v) is 6.27. The third kappa shape index (κ3) is 3.17. The second-order valence-electron chi connectivity index (χ2n) is 5.41. The molecule has 1 aromatic heterocycles. The van der Waals surface area contributed by atoms with Gasteiger partial charge in [-0.15, -0.1) is 11.3 Å². The number of amides is 2. The van der Waals surface area contributed by atoms with Crippen molar-refractivity contribution in [1.29, 1.82) is 0 Å². The van der Waals surface area contributed by atoms with E-state index in [4.69, 9.17) is 5.73 Å². The molecular weight excluding hydrogens is 298 g/mol. The van der Waals surface area contributed by atoms with Crippen LogP contribution in [0.5, 0.6) is 0 Å². The van der Waals surface area contributed by atoms with E-state index in [1.54, 1.807) is 4.90 Å². The Labute approximate surface area is 132 Å². The highest BCUT2D eigenvalue weighted by molar-refractivity contribution is 7.13. The van der Waals surface area contributed by atoms with Gasteiger partial charge < -0.3 is 10.6 Å². The summed E-state index contributed by atoms with van der Waals surface area (Å²) < 4.78 is 0. The minimum Gasteiger partial charge on any atom is -0.369 e. The third-order valence-corrected chi connectivity index (χ3v) is 4.79. The van der Waals surface area contributed by atoms with E-state index in [1.807, 2.05) is 35.7 Å². The van der Waals surface area contributed by atoms with Gasteiger partial charge in [-0.05, 0) is 6.42 Å². The summed E-state index contributed by atoms with van der Waals surface area (Å²) in [4.78, 5) is 29.7. The zero-order valence-corrected chi connectivity index (χ0v) is 12.9. The Hall–Kier alpha value is -2.21. The van der Waals surface area contributed by atoms with Gasteiger partial charge in [-0.2, -0.15) is 0 Å². The van der Waals surface area contributed by atoms with E-state index in [2.05, 4.69) is 4.98 Å². The molecule has 114 valence electrons. The number of hydrogen-bond donors (Lipinski definition) is 1. The van der Waals surface area contributed by atoms with E-state index in [-0.39, 0.29) is 24.2 Å². The minimum atomic E-state index is -0.324. The van der Waals surface area contributed by atoms with Crippen molar-refractivity contribution in [1.82, 2.24) is 9.88 Å². The summed E-state index contributed by atoms with van der Waals surface area (Å²) in [6.45, 7) is 1.03. The Morgan fingerprint density at radius 1 is 1.32 bits per heavy atom. The van der Waals surface area contributed by atoms with E-state index in [9.17, 15) is 9.59 Å². The van der Waals surface area contributed by atoms with Gasteiger partial charge >= 0.3 is 0 Å². The fourth-order valence-corrected chi connectivity index (χ4v) is 3.41. The highest BCUT2D eigenvalue weighted by atomic mass is 32.1. The molecule has 2 heterocycles. The second kappa shape index (κ2) is 6.27. The highest BCUT2D eigenvalue weighted by Crippen LogP contribution is 2.24. The third-order valence-electron chi connectivity index (χ3n) is 3.85. The molecule has 1 fully saturated rings. The minimum absolute atomic E-state index is 0.00802. The number of nitrogens with two attached hydrogens (primary N) is 1. The molecule has 2 aromatic rings. The number of rotatable bonds is 4. The van der Waals surface area contributed by atoms with Gasteiger partial charge in [0.1, 0.15) is 5.01 Å². The van der Waals surface area contributed by atoms with Crippen LogP contribution in [-0.2, 0) is 16.0 Å². The first-order chi connectivity index (χ1) is 10.6. The van der Waals surface area contributed by atoms with Crippen molar-refractivity contribution in [2.24, 2.45) is 11.7 Å². The van der Waals surface area contributed by atoms with Crippen LogP contribution in [0.1, 0.15) is 12.1 Å². The topological polar surface area (TPSA) is 76.3 Å². The zero-order valence-electron chi connectivity index (χ0n) is 12.1. The van der Waals surface area contributed by atoms with Gasteiger partial charge in [-0.1, -0.05) is 30.3 Å². The first-order valence-corrected chi connectivity index (χ1v) is 8.08. The molecule has 0 saturated carbocycles. The molecule has 1 aliphatic rings. The van der Waals surface area contributed by atoms with E-state index in [0.717, 1.165) is 16.3 Å². The number of primary amides is 1. The molecule has 22 heavy (non-hydrogen) atoms. The first kappa shape index (κ1) is 14.7. The molecule has 1 unspecified atom stereocenters. The van der Waals surface area contributed by atoms with Crippen LogP contribution in [0.15, 0.2) is 35.7 Å². The molecule has 1 atom stereocenters. The number of carbonyl (C=O) groups excluding carboxylic acids is 2. The van der Waals surface area contributed by atoms with Gasteiger partial charge in [0.25, 0.3) is 0 Å². The van der Waals surface area contributed by atoms with Crippen LogP contribution in [0.2, 0.25) is 0 Å². The molecule has 0 radical (unpaired) electrons. The number of nitrogens with zero attached hydrogens (tertiary/aromatic N) is 2. The number of carbonyl (C=O) groups is 2. The average Bonchev–Trinajstić information content (AvgIpc) is 3.17. The fraction of sp³-hybridized carbons (Fsp3) is 0.312. The van der Waals surface area contributed by atoms with Crippen molar-refractivity contribution >= 4 is 23.2 Å². The summed E-state index contributed by atoms with van der Waals surface area (Å²) in [5, 5.41) is 2.84. The standard InChI is InChI=1S/C16H17N3O2S/c17-15(21)12-6-7-19(9-12)14(20)8-13-10-22-16(18-13)11-4-2-1-3-5-11/h1-5,10,12H,6-9H2,(H2,17,21). The molecule has 5 nitrogen and oxygen atoms in total. The predicted molar refractivity (Wildman–Crippen MR) is 85.1 cm³/mol. The lowest BCUT2D eigenvalue weighted by molar-refractivity contribution is -0.129. The number of benzene rings is 1. The largest absolute Gasteiger partial charge is 0.369 e. The van der Waals surface area contributed by atoms with Crippen molar-refractivity contribution in [3.05, 3.63) is 41.4 Å². The number of likely N-dealkylation sites (tertiary alicyclic amines) is 1. The van der Waals surface area contributed by atoms with Crippen molar-refractivity contribution in [3.8, 4) is 10.6 Å². The first-order valence-electron chi connectivity index (χ1n) is 7.20. The quantitative estimate of drug-likeness (QED) is 0.932. The lowest BCUT2D eigenvalue weighted by Crippen LogP contribution is -2.32. The number of aromatic nitrogens is 1. The van der Waals surface area contributed by atoms with Crippen LogP contribution in [0.3, 0.4) is 0 Å². The zero-order chi connectivity index (χ0) is 15.5. The Balaban J connectivity index is 1.63. The van der Waals surface area contributed by atoms with Gasteiger partial charge in [0, 0.05) is 24.0 Å². The van der Waals surface area contributed by atoms with Gasteiger partial charge in [0.05, 0.1) is 18.0 Å². The Bertz CT molecular complexity index is 684. The SMILES string of the molecule is NC(=O)C1CCN(C(=O)Cc2csc(-c3ccccc3)n2)C1. The molecule has 2 N–H and O–H groups in total. The Kier molecular flexibility index (Phi) is 4.20. The van der Waals surface area contributed by atoms with Gasteiger partial charge in [-0.25, -0.2) is 4.98 Å². The van der Waals surface area contributed by atoms with Crippen LogP contribution in [-0.4, -0.2) is 34.8 Å². The fourth-order valence-electron chi connectivity index (χ4n) is 2.59. The average molecular weight is 315 g/mol. The summed E-state index contributed by atoms with van der Waals surface area (Å²) in [6.07, 6.45) is 0.933. The van der Waals surface area contributed by atoms with E-state index in [0.29, 0.717) is 19.5 Å². The lowest BCUT2D eigenvalue weighted by atomic mass is 10.1. The summed E-state index contributed by atoms with van der Waals surface area (Å²) in [6, 6.07) is 9.90. The summed E-state index contributed by atoms with van der Waals surface area (Å²) in [5.74, 6) is -0.525. The molecule has 0 aliphatic carbocycles. The van der Waals surface area contributed by atoms with Crippen LogP contribution >= 0.6 is 11.3 Å². The molecule has 6 heteroatoms. The van der Waals surface area contributed by atoms with Crippen LogP contribution < -0.4 is 5.73 Å². The number of hydrogen-bond acceptors (Lipinski definition) is 4. The van der Waals surface area contributed by atoms with Crippen molar-refractivity contribution in [2.45, 2.75) is 12.8 Å². The number of thiazole rings is 1. The smallest absolute Gasteiger partial charge is 0.228 e. The van der Waals surface area contributed by atoms with Crippen LogP contribution in [0, 0.1) is 5.92 Å². The Morgan fingerprint density at radius 3 is 2.77 bits per heavy atom. The van der Waals surface area contributed by atoms with Gasteiger partial charge in [0.2, 0.25) is 11.8 Å². The van der Waals surface area contributed by atoms with Gasteiger partial charge in [-0.3, -0.25) is 9.59 Å². The maximum Gasteiger partial charge on any atom is 0.228 e. The molecular formula is C16H17N3O2S. The predicted octanol–water partition coefficient (Wildman–Crippen LogP) is 1.69. The van der Waals surface area contributed by atoms with Crippen molar-refractivity contribution in [3.63, 3.8) is 0 Å². The van der Waals surface area contributed by atoms with E-state index >= 15 is 0 Å². The summed E-state index contributed by atoms with van der Waals surface area (Å²) in [5.41, 5.74) is 7.12. The van der Waals surface area contributed by atoms with E-state index < -0.39 is 0 Å². The molecule has 2 amide bonds. The van der Waals surface area contributed by atoms with Crippen LogP contribution in [0.4, 0.5) is 0 Å².